The van der Waals surface area contributed by atoms with Crippen LogP contribution in [0.25, 0.3) is 0 Å². The van der Waals surface area contributed by atoms with Crippen LogP contribution in [0.5, 0.6) is 0 Å². The fraction of sp³-hybridized carbons (Fsp3) is 0.125. The van der Waals surface area contributed by atoms with Gasteiger partial charge < -0.3 is 0 Å². The van der Waals surface area contributed by atoms with Gasteiger partial charge >= 0.3 is 0 Å². The molecular formula is C16H6Cl6O2S2. The standard InChI is InChI=1S/C16H6Cl6O2S2/c1-3-5(15(21)23)9(19)13-11(7(3)17)25-14-10(20)6(16(22)24)4(2)8(18)12(14)26-13/h1-2H3. The van der Waals surface area contributed by atoms with Gasteiger partial charge in [0.2, 0.25) is 0 Å². The van der Waals surface area contributed by atoms with Crippen LogP contribution < -0.4 is 0 Å². The van der Waals surface area contributed by atoms with Crippen LogP contribution in [-0.2, 0) is 0 Å². The molecule has 1 aliphatic rings. The predicted octanol–water partition coefficient (Wildman–Crippen LogP) is 8.29. The van der Waals surface area contributed by atoms with E-state index in [9.17, 15) is 9.59 Å². The maximum atomic E-state index is 11.8. The molecule has 0 aromatic heterocycles. The molecule has 2 aromatic carbocycles. The summed E-state index contributed by atoms with van der Waals surface area (Å²) in [6, 6.07) is 0. The molecule has 2 nitrogen and oxygen atoms in total. The third-order valence-electron chi connectivity index (χ3n) is 3.86. The fourth-order valence-corrected chi connectivity index (χ4v) is 7.39. The van der Waals surface area contributed by atoms with Crippen LogP contribution in [-0.4, -0.2) is 10.5 Å². The number of carbonyl (C=O) groups is 2. The molecule has 0 radical (unpaired) electrons. The molecule has 1 heterocycles. The lowest BCUT2D eigenvalue weighted by molar-refractivity contribution is 0.107. The average Bonchev–Trinajstić information content (AvgIpc) is 2.56. The van der Waals surface area contributed by atoms with Gasteiger partial charge in [0, 0.05) is 19.6 Å². The van der Waals surface area contributed by atoms with Crippen LogP contribution >= 0.6 is 93.1 Å². The quantitative estimate of drug-likeness (QED) is 0.327. The van der Waals surface area contributed by atoms with Gasteiger partial charge in [-0.3, -0.25) is 9.59 Å². The summed E-state index contributed by atoms with van der Waals surface area (Å²) in [4.78, 5) is 25.9. The van der Waals surface area contributed by atoms with Gasteiger partial charge in [-0.25, -0.2) is 0 Å². The first-order valence-electron chi connectivity index (χ1n) is 6.86. The summed E-state index contributed by atoms with van der Waals surface area (Å²) in [6.07, 6.45) is 0. The second-order valence-corrected chi connectivity index (χ2v) is 9.56. The van der Waals surface area contributed by atoms with Gasteiger partial charge in [0.1, 0.15) is 0 Å². The summed E-state index contributed by atoms with van der Waals surface area (Å²) in [7, 11) is 0. The number of halogens is 6. The molecule has 0 amide bonds. The van der Waals surface area contributed by atoms with Crippen molar-refractivity contribution in [1.29, 1.82) is 0 Å². The van der Waals surface area contributed by atoms with Crippen LogP contribution in [0.3, 0.4) is 0 Å². The minimum atomic E-state index is -0.697. The Morgan fingerprint density at radius 3 is 1.15 bits per heavy atom. The molecule has 0 bridgehead atoms. The Bertz CT molecular complexity index is 938. The maximum absolute atomic E-state index is 11.8. The van der Waals surface area contributed by atoms with Crippen molar-refractivity contribution in [3.8, 4) is 0 Å². The highest BCUT2D eigenvalue weighted by atomic mass is 35.5. The van der Waals surface area contributed by atoms with Crippen molar-refractivity contribution in [3.05, 3.63) is 42.3 Å². The summed E-state index contributed by atoms with van der Waals surface area (Å²) in [6.45, 7) is 3.31. The number of hydrogen-bond donors (Lipinski definition) is 0. The third-order valence-corrected chi connectivity index (χ3v) is 9.09. The molecule has 0 atom stereocenters. The summed E-state index contributed by atoms with van der Waals surface area (Å²) in [5, 5.41) is -0.320. The van der Waals surface area contributed by atoms with Gasteiger partial charge in [-0.05, 0) is 48.2 Å². The number of fused-ring (bicyclic) bond motifs is 2. The van der Waals surface area contributed by atoms with E-state index in [1.807, 2.05) is 0 Å². The smallest absolute Gasteiger partial charge is 0.254 e. The van der Waals surface area contributed by atoms with Gasteiger partial charge in [-0.2, -0.15) is 0 Å². The van der Waals surface area contributed by atoms with Crippen molar-refractivity contribution in [2.24, 2.45) is 0 Å². The largest absolute Gasteiger partial charge is 0.276 e. The van der Waals surface area contributed by atoms with Crippen LogP contribution in [0, 0.1) is 13.8 Å². The summed E-state index contributed by atoms with van der Waals surface area (Å²) >= 11 is 39.5. The molecular weight excluding hydrogens is 501 g/mol. The number of hydrogen-bond acceptors (Lipinski definition) is 4. The van der Waals surface area contributed by atoms with Crippen molar-refractivity contribution < 1.29 is 9.59 Å². The Hall–Kier alpha value is 0.220. The van der Waals surface area contributed by atoms with E-state index >= 15 is 0 Å². The highest BCUT2D eigenvalue weighted by molar-refractivity contribution is 8.05. The van der Waals surface area contributed by atoms with Gasteiger partial charge in [-0.1, -0.05) is 69.9 Å². The summed E-state index contributed by atoms with van der Waals surface area (Å²) in [5.41, 5.74) is 1.24. The highest BCUT2D eigenvalue weighted by Crippen LogP contribution is 2.59. The predicted molar refractivity (Wildman–Crippen MR) is 111 cm³/mol. The first kappa shape index (κ1) is 20.9. The Morgan fingerprint density at radius 1 is 0.615 bits per heavy atom. The van der Waals surface area contributed by atoms with E-state index < -0.39 is 10.5 Å². The SMILES string of the molecule is Cc1c(Cl)c2c(c(Cl)c1C(=O)Cl)Sc1c(Cl)c(C)c(C(=O)Cl)c(Cl)c1S2. The number of carbonyl (C=O) groups excluding carboxylic acids is 2. The van der Waals surface area contributed by atoms with Gasteiger partial charge in [0.15, 0.2) is 0 Å². The number of benzene rings is 2. The monoisotopic (exact) mass is 504 g/mol. The summed E-state index contributed by atoms with van der Waals surface area (Å²) < 4.78 is 0. The molecule has 0 spiro atoms. The van der Waals surface area contributed by atoms with Crippen molar-refractivity contribution >= 4 is 104 Å². The van der Waals surface area contributed by atoms with E-state index in [0.29, 0.717) is 40.8 Å². The molecule has 1 aliphatic heterocycles. The lowest BCUT2D eigenvalue weighted by atomic mass is 10.1. The van der Waals surface area contributed by atoms with Crippen molar-refractivity contribution in [2.45, 2.75) is 33.4 Å². The first-order valence-corrected chi connectivity index (χ1v) is 10.8. The van der Waals surface area contributed by atoms with Crippen molar-refractivity contribution in [1.82, 2.24) is 0 Å². The normalized spacial score (nSPS) is 12.6. The second-order valence-electron chi connectivity index (χ2n) is 5.32. The molecule has 0 saturated carbocycles. The van der Waals surface area contributed by atoms with Gasteiger partial charge in [0.25, 0.3) is 10.5 Å². The zero-order valence-corrected chi connectivity index (χ0v) is 19.1. The highest BCUT2D eigenvalue weighted by Gasteiger charge is 2.33. The van der Waals surface area contributed by atoms with Crippen molar-refractivity contribution in [3.63, 3.8) is 0 Å². The van der Waals surface area contributed by atoms with Gasteiger partial charge in [0.05, 0.1) is 31.2 Å². The first-order chi connectivity index (χ1) is 12.1. The summed E-state index contributed by atoms with van der Waals surface area (Å²) in [5.74, 6) is 0. The van der Waals surface area contributed by atoms with E-state index in [1.165, 1.54) is 23.5 Å². The van der Waals surface area contributed by atoms with E-state index in [1.54, 1.807) is 13.8 Å². The molecule has 3 rings (SSSR count). The van der Waals surface area contributed by atoms with Crippen LogP contribution in [0.4, 0.5) is 0 Å². The molecule has 0 aliphatic carbocycles. The van der Waals surface area contributed by atoms with E-state index in [2.05, 4.69) is 0 Å². The zero-order chi connectivity index (χ0) is 19.5. The second kappa shape index (κ2) is 7.57. The van der Waals surface area contributed by atoms with E-state index in [-0.39, 0.29) is 21.2 Å². The molecule has 2 aromatic rings. The number of rotatable bonds is 2. The Kier molecular flexibility index (Phi) is 6.09. The minimum Gasteiger partial charge on any atom is -0.276 e. The van der Waals surface area contributed by atoms with Crippen LogP contribution in [0.2, 0.25) is 20.1 Å². The lowest BCUT2D eigenvalue weighted by Crippen LogP contribution is -2.05. The van der Waals surface area contributed by atoms with Crippen LogP contribution in [0.1, 0.15) is 31.8 Å². The molecule has 0 fully saturated rings. The molecule has 26 heavy (non-hydrogen) atoms. The maximum Gasteiger partial charge on any atom is 0.254 e. The molecule has 0 N–H and O–H groups in total. The third kappa shape index (κ3) is 3.17. The topological polar surface area (TPSA) is 34.1 Å². The zero-order valence-electron chi connectivity index (χ0n) is 12.9. The molecule has 0 saturated heterocycles. The van der Waals surface area contributed by atoms with E-state index in [4.69, 9.17) is 69.6 Å². The average molecular weight is 507 g/mol. The Morgan fingerprint density at radius 2 is 0.885 bits per heavy atom. The molecule has 0 unspecified atom stereocenters. The lowest BCUT2D eigenvalue weighted by Gasteiger charge is -2.26. The van der Waals surface area contributed by atoms with Gasteiger partial charge in [-0.15, -0.1) is 0 Å². The van der Waals surface area contributed by atoms with Crippen molar-refractivity contribution in [2.75, 3.05) is 0 Å². The van der Waals surface area contributed by atoms with E-state index in [0.717, 1.165) is 0 Å². The minimum absolute atomic E-state index is 0.153. The van der Waals surface area contributed by atoms with Crippen LogP contribution in [0.15, 0.2) is 19.6 Å². The Labute approximate surface area is 187 Å². The molecule has 136 valence electrons. The fourth-order valence-electron chi connectivity index (χ4n) is 2.55. The Balaban J connectivity index is 2.34. The molecule has 10 heteroatoms.